The summed E-state index contributed by atoms with van der Waals surface area (Å²) in [5.74, 6) is -0.0735. The Labute approximate surface area is 425 Å². The number of esters is 1. The number of rotatable bonds is 58. The van der Waals surface area contributed by atoms with E-state index in [4.69, 9.17) is 4.74 Å². The molecule has 0 heterocycles. The average Bonchev–Trinajstić information content (AvgIpc) is 3.34. The van der Waals surface area contributed by atoms with Gasteiger partial charge in [-0.15, -0.1) is 0 Å². The highest BCUT2D eigenvalue weighted by atomic mass is 16.5. The van der Waals surface area contributed by atoms with E-state index < -0.39 is 12.1 Å². The summed E-state index contributed by atoms with van der Waals surface area (Å²) in [5, 5.41) is 23.3. The molecule has 2 unspecified atom stereocenters. The predicted molar refractivity (Wildman–Crippen MR) is 297 cm³/mol. The zero-order valence-corrected chi connectivity index (χ0v) is 46.1. The van der Waals surface area contributed by atoms with Gasteiger partial charge in [0, 0.05) is 12.8 Å². The SMILES string of the molecule is CCCCCCCCCCCCCCCCCCCCCCC(O)C(CO)NC(=O)CCCCCCC/C=C\CCCCCOC(=O)CCCCCCCCCCCCCCCCCCCCC. The van der Waals surface area contributed by atoms with Crippen LogP contribution in [0.2, 0.25) is 0 Å². The van der Waals surface area contributed by atoms with Gasteiger partial charge in [0.15, 0.2) is 0 Å². The maximum absolute atomic E-state index is 12.5. The lowest BCUT2D eigenvalue weighted by atomic mass is 10.0. The zero-order valence-electron chi connectivity index (χ0n) is 46.1. The van der Waals surface area contributed by atoms with Crippen LogP contribution >= 0.6 is 0 Å². The van der Waals surface area contributed by atoms with Gasteiger partial charge in [-0.25, -0.2) is 0 Å². The Balaban J connectivity index is 3.46. The van der Waals surface area contributed by atoms with E-state index in [-0.39, 0.29) is 18.5 Å². The van der Waals surface area contributed by atoms with Crippen LogP contribution in [-0.4, -0.2) is 47.4 Å². The van der Waals surface area contributed by atoms with Crippen molar-refractivity contribution >= 4 is 11.9 Å². The maximum atomic E-state index is 12.5. The molecule has 0 aliphatic rings. The Morgan fingerprint density at radius 2 is 0.691 bits per heavy atom. The summed E-state index contributed by atoms with van der Waals surface area (Å²) in [5.41, 5.74) is 0. The highest BCUT2D eigenvalue weighted by Gasteiger charge is 2.20. The molecule has 6 nitrogen and oxygen atoms in total. The van der Waals surface area contributed by atoms with Crippen molar-refractivity contribution < 1.29 is 24.5 Å². The van der Waals surface area contributed by atoms with Crippen molar-refractivity contribution in [1.29, 1.82) is 0 Å². The molecule has 0 saturated heterocycles. The monoisotopic (exact) mass is 960 g/mol. The summed E-state index contributed by atoms with van der Waals surface area (Å²) in [7, 11) is 0. The number of carbonyl (C=O) groups is 2. The average molecular weight is 961 g/mol. The number of unbranched alkanes of at least 4 members (excludes halogenated alkanes) is 45. The zero-order chi connectivity index (χ0) is 49.3. The minimum atomic E-state index is -0.680. The number of ether oxygens (including phenoxy) is 1. The van der Waals surface area contributed by atoms with E-state index in [2.05, 4.69) is 31.3 Å². The van der Waals surface area contributed by atoms with Gasteiger partial charge in [-0.1, -0.05) is 289 Å². The fourth-order valence-corrected chi connectivity index (χ4v) is 9.81. The van der Waals surface area contributed by atoms with Crippen molar-refractivity contribution in [2.24, 2.45) is 0 Å². The number of allylic oxidation sites excluding steroid dienone is 2. The minimum Gasteiger partial charge on any atom is -0.466 e. The lowest BCUT2D eigenvalue weighted by Gasteiger charge is -2.22. The molecular weight excluding hydrogens is 839 g/mol. The summed E-state index contributed by atoms with van der Waals surface area (Å²) in [6.45, 7) is 4.93. The van der Waals surface area contributed by atoms with Crippen LogP contribution in [0, 0.1) is 0 Å². The molecule has 0 radical (unpaired) electrons. The third kappa shape index (κ3) is 53.9. The van der Waals surface area contributed by atoms with Crippen molar-refractivity contribution in [3.63, 3.8) is 0 Å². The first-order valence-electron chi connectivity index (χ1n) is 30.9. The molecule has 6 heteroatoms. The van der Waals surface area contributed by atoms with Crippen molar-refractivity contribution in [2.45, 2.75) is 360 Å². The molecule has 404 valence electrons. The highest BCUT2D eigenvalue weighted by Crippen LogP contribution is 2.18. The molecule has 0 bridgehead atoms. The summed E-state index contributed by atoms with van der Waals surface area (Å²) >= 11 is 0. The third-order valence-electron chi connectivity index (χ3n) is 14.6. The van der Waals surface area contributed by atoms with Gasteiger partial charge in [0.1, 0.15) is 0 Å². The molecule has 1 amide bonds. The summed E-state index contributed by atoms with van der Waals surface area (Å²) < 4.78 is 5.47. The second-order valence-electron chi connectivity index (χ2n) is 21.4. The number of amides is 1. The molecule has 0 spiro atoms. The Morgan fingerprint density at radius 3 is 1.04 bits per heavy atom. The smallest absolute Gasteiger partial charge is 0.305 e. The lowest BCUT2D eigenvalue weighted by molar-refractivity contribution is -0.143. The maximum Gasteiger partial charge on any atom is 0.305 e. The van der Waals surface area contributed by atoms with Crippen LogP contribution in [0.15, 0.2) is 12.2 Å². The standard InChI is InChI=1S/C62H121NO5/c1-3-5-7-9-11-13-15-17-19-21-23-25-26-28-30-34-38-42-46-50-54-60(65)59(58-64)63-61(66)55-51-47-43-39-35-32-33-37-41-45-49-53-57-68-62(67)56-52-48-44-40-36-31-29-27-24-22-20-18-16-14-12-10-8-6-4-2/h33,37,59-60,64-65H,3-32,34-36,38-58H2,1-2H3,(H,63,66)/b37-33-. The fraction of sp³-hybridized carbons (Fsp3) is 0.935. The van der Waals surface area contributed by atoms with Crippen LogP contribution in [-0.2, 0) is 14.3 Å². The van der Waals surface area contributed by atoms with Crippen molar-refractivity contribution in [3.05, 3.63) is 12.2 Å². The summed E-state index contributed by atoms with van der Waals surface area (Å²) in [6, 6.07) is -0.560. The molecule has 0 aliphatic heterocycles. The topological polar surface area (TPSA) is 95.9 Å². The number of carbonyl (C=O) groups excluding carboxylic acids is 2. The van der Waals surface area contributed by atoms with E-state index in [0.717, 1.165) is 77.0 Å². The second kappa shape index (κ2) is 58.2. The molecule has 0 aromatic rings. The summed E-state index contributed by atoms with van der Waals surface area (Å²) in [4.78, 5) is 24.6. The number of nitrogens with one attached hydrogen (secondary N) is 1. The normalized spacial score (nSPS) is 12.6. The number of aliphatic hydroxyl groups excluding tert-OH is 2. The van der Waals surface area contributed by atoms with Crippen molar-refractivity contribution in [1.82, 2.24) is 5.32 Å². The van der Waals surface area contributed by atoms with Gasteiger partial charge in [-0.3, -0.25) is 9.59 Å². The van der Waals surface area contributed by atoms with Crippen LogP contribution in [0.25, 0.3) is 0 Å². The van der Waals surface area contributed by atoms with Crippen LogP contribution in [0.3, 0.4) is 0 Å². The van der Waals surface area contributed by atoms with Crippen LogP contribution in [0.1, 0.15) is 348 Å². The quantitative estimate of drug-likeness (QED) is 0.0321. The number of hydrogen-bond donors (Lipinski definition) is 3. The molecule has 0 rings (SSSR count). The Kier molecular flexibility index (Phi) is 57.0. The molecule has 0 aliphatic carbocycles. The van der Waals surface area contributed by atoms with Gasteiger partial charge in [0.05, 0.1) is 25.4 Å². The summed E-state index contributed by atoms with van der Waals surface area (Å²) in [6.07, 6.45) is 69.3. The van der Waals surface area contributed by atoms with Crippen molar-refractivity contribution in [2.75, 3.05) is 13.2 Å². The number of aliphatic hydroxyl groups is 2. The van der Waals surface area contributed by atoms with Crippen LogP contribution in [0.5, 0.6) is 0 Å². The third-order valence-corrected chi connectivity index (χ3v) is 14.6. The Bertz CT molecular complexity index is 1020. The number of hydrogen-bond acceptors (Lipinski definition) is 5. The minimum absolute atomic E-state index is 0.0168. The van der Waals surface area contributed by atoms with E-state index in [0.29, 0.717) is 25.9 Å². The molecule has 0 fully saturated rings. The predicted octanol–water partition coefficient (Wildman–Crippen LogP) is 19.2. The van der Waals surface area contributed by atoms with Crippen LogP contribution in [0.4, 0.5) is 0 Å². The van der Waals surface area contributed by atoms with Gasteiger partial charge in [-0.2, -0.15) is 0 Å². The van der Waals surface area contributed by atoms with Gasteiger partial charge in [0.2, 0.25) is 5.91 Å². The van der Waals surface area contributed by atoms with Crippen LogP contribution < -0.4 is 5.32 Å². The molecule has 2 atom stereocenters. The fourth-order valence-electron chi connectivity index (χ4n) is 9.81. The van der Waals surface area contributed by atoms with E-state index >= 15 is 0 Å². The molecule has 0 aromatic carbocycles. The van der Waals surface area contributed by atoms with Gasteiger partial charge in [0.25, 0.3) is 0 Å². The molecule has 3 N–H and O–H groups in total. The van der Waals surface area contributed by atoms with Gasteiger partial charge >= 0.3 is 5.97 Å². The van der Waals surface area contributed by atoms with Gasteiger partial charge in [-0.05, 0) is 57.8 Å². The second-order valence-corrected chi connectivity index (χ2v) is 21.4. The van der Waals surface area contributed by atoms with E-state index in [1.54, 1.807) is 0 Å². The van der Waals surface area contributed by atoms with E-state index in [1.165, 1.54) is 238 Å². The molecule has 0 saturated carbocycles. The molecule has 0 aromatic heterocycles. The largest absolute Gasteiger partial charge is 0.466 e. The van der Waals surface area contributed by atoms with E-state index in [1.807, 2.05) is 0 Å². The first kappa shape index (κ1) is 66.6. The Hall–Kier alpha value is -1.40. The van der Waals surface area contributed by atoms with E-state index in [9.17, 15) is 19.8 Å². The molecular formula is C62H121NO5. The lowest BCUT2D eigenvalue weighted by Crippen LogP contribution is -2.45. The first-order chi connectivity index (χ1) is 33.5. The highest BCUT2D eigenvalue weighted by molar-refractivity contribution is 5.76. The van der Waals surface area contributed by atoms with Crippen molar-refractivity contribution in [3.8, 4) is 0 Å². The molecule has 68 heavy (non-hydrogen) atoms. The first-order valence-corrected chi connectivity index (χ1v) is 30.9. The Morgan fingerprint density at radius 1 is 0.397 bits per heavy atom. The van der Waals surface area contributed by atoms with Gasteiger partial charge < -0.3 is 20.3 Å².